The number of hydrogen-bond acceptors (Lipinski definition) is 4. The van der Waals surface area contributed by atoms with Gasteiger partial charge in [-0.1, -0.05) is 0 Å². The van der Waals surface area contributed by atoms with Crippen molar-refractivity contribution in [1.82, 2.24) is 10.2 Å². The van der Waals surface area contributed by atoms with Crippen LogP contribution in [0.1, 0.15) is 27.2 Å². The maximum absolute atomic E-state index is 11.9. The minimum Gasteiger partial charge on any atom is -0.478 e. The van der Waals surface area contributed by atoms with Crippen LogP contribution in [-0.4, -0.2) is 53.0 Å². The zero-order chi connectivity index (χ0) is 15.9. The number of carboxylic acids is 1. The molecule has 0 aliphatic heterocycles. The number of rotatable bonds is 6. The summed E-state index contributed by atoms with van der Waals surface area (Å²) in [6.45, 7) is 4.60. The number of carbonyl (C=O) groups is 3. The number of aliphatic carboxylic acids is 1. The summed E-state index contributed by atoms with van der Waals surface area (Å²) in [5.74, 6) is -0.935. The summed E-state index contributed by atoms with van der Waals surface area (Å²) in [6, 6.07) is -0.527. The zero-order valence-corrected chi connectivity index (χ0v) is 13.3. The average molecular weight is 302 g/mol. The molecule has 0 rings (SSSR count). The summed E-state index contributed by atoms with van der Waals surface area (Å²) in [5, 5.41) is 11.0. The number of imide groups is 1. The number of amides is 3. The summed E-state index contributed by atoms with van der Waals surface area (Å²) < 4.78 is 0. The van der Waals surface area contributed by atoms with Crippen LogP contribution in [0.15, 0.2) is 11.1 Å². The van der Waals surface area contributed by atoms with Crippen LogP contribution >= 0.6 is 11.8 Å². The van der Waals surface area contributed by atoms with Crippen molar-refractivity contribution in [3.05, 3.63) is 11.1 Å². The van der Waals surface area contributed by atoms with Crippen LogP contribution in [0.2, 0.25) is 0 Å². The maximum Gasteiger partial charge on any atom is 0.331 e. The van der Waals surface area contributed by atoms with Crippen molar-refractivity contribution >= 4 is 29.7 Å². The Bertz CT molecular complexity index is 421. The van der Waals surface area contributed by atoms with E-state index in [2.05, 4.69) is 5.32 Å². The average Bonchev–Trinajstić information content (AvgIpc) is 2.41. The SMILES string of the molecule is CSCCC(C)N(C)C(=O)NC(=O)C(C)=C(C)C(=O)O. The van der Waals surface area contributed by atoms with Crippen molar-refractivity contribution in [1.29, 1.82) is 0 Å². The molecule has 20 heavy (non-hydrogen) atoms. The number of nitrogens with zero attached hydrogens (tertiary/aromatic N) is 1. The normalized spacial score (nSPS) is 13.2. The lowest BCUT2D eigenvalue weighted by atomic mass is 10.1. The molecular weight excluding hydrogens is 280 g/mol. The molecule has 0 aromatic rings. The van der Waals surface area contributed by atoms with Gasteiger partial charge in [0.25, 0.3) is 5.91 Å². The van der Waals surface area contributed by atoms with E-state index in [1.807, 2.05) is 13.2 Å². The Morgan fingerprint density at radius 3 is 2.25 bits per heavy atom. The number of carboxylic acid groups (broad SMARTS) is 1. The van der Waals surface area contributed by atoms with Crippen molar-refractivity contribution in [2.75, 3.05) is 19.1 Å². The molecule has 1 unspecified atom stereocenters. The van der Waals surface area contributed by atoms with Crippen molar-refractivity contribution in [2.24, 2.45) is 0 Å². The van der Waals surface area contributed by atoms with Crippen molar-refractivity contribution in [2.45, 2.75) is 33.2 Å². The van der Waals surface area contributed by atoms with Crippen molar-refractivity contribution in [3.63, 3.8) is 0 Å². The smallest absolute Gasteiger partial charge is 0.331 e. The molecule has 0 aromatic heterocycles. The van der Waals surface area contributed by atoms with Crippen LogP contribution in [-0.2, 0) is 9.59 Å². The van der Waals surface area contributed by atoms with Gasteiger partial charge in [0.1, 0.15) is 0 Å². The fraction of sp³-hybridized carbons (Fsp3) is 0.615. The lowest BCUT2D eigenvalue weighted by molar-refractivity contribution is -0.133. The lowest BCUT2D eigenvalue weighted by Crippen LogP contribution is -2.45. The van der Waals surface area contributed by atoms with Crippen LogP contribution in [0.25, 0.3) is 0 Å². The minimum absolute atomic E-state index is 0.0000985. The summed E-state index contributed by atoms with van der Waals surface area (Å²) in [6.07, 6.45) is 2.81. The molecule has 0 aromatic carbocycles. The third-order valence-electron chi connectivity index (χ3n) is 3.17. The number of carbonyl (C=O) groups excluding carboxylic acids is 2. The van der Waals surface area contributed by atoms with Gasteiger partial charge < -0.3 is 10.0 Å². The topological polar surface area (TPSA) is 86.7 Å². The van der Waals surface area contributed by atoms with Gasteiger partial charge in [0.05, 0.1) is 0 Å². The maximum atomic E-state index is 11.9. The van der Waals surface area contributed by atoms with E-state index in [1.54, 1.807) is 18.8 Å². The Labute approximate surface area is 123 Å². The molecule has 1 atom stereocenters. The number of urea groups is 1. The van der Waals surface area contributed by atoms with Crippen molar-refractivity contribution < 1.29 is 19.5 Å². The van der Waals surface area contributed by atoms with Crippen LogP contribution in [0.3, 0.4) is 0 Å². The van der Waals surface area contributed by atoms with Gasteiger partial charge in [0, 0.05) is 24.2 Å². The molecule has 0 saturated carbocycles. The first-order valence-corrected chi connectivity index (χ1v) is 7.59. The molecule has 3 amide bonds. The first kappa shape index (κ1) is 18.5. The van der Waals surface area contributed by atoms with Gasteiger partial charge in [-0.25, -0.2) is 9.59 Å². The van der Waals surface area contributed by atoms with Gasteiger partial charge >= 0.3 is 12.0 Å². The highest BCUT2D eigenvalue weighted by atomic mass is 32.2. The van der Waals surface area contributed by atoms with E-state index in [0.29, 0.717) is 0 Å². The Morgan fingerprint density at radius 1 is 1.25 bits per heavy atom. The molecular formula is C13H22N2O4S. The fourth-order valence-electron chi connectivity index (χ4n) is 1.29. The monoisotopic (exact) mass is 302 g/mol. The Balaban J connectivity index is 4.64. The van der Waals surface area contributed by atoms with E-state index in [-0.39, 0.29) is 17.2 Å². The Kier molecular flexibility index (Phi) is 7.98. The predicted molar refractivity (Wildman–Crippen MR) is 79.8 cm³/mol. The van der Waals surface area contributed by atoms with E-state index >= 15 is 0 Å². The highest BCUT2D eigenvalue weighted by molar-refractivity contribution is 7.98. The van der Waals surface area contributed by atoms with E-state index < -0.39 is 17.9 Å². The van der Waals surface area contributed by atoms with Crippen LogP contribution in [0.4, 0.5) is 4.79 Å². The molecule has 7 heteroatoms. The fourth-order valence-corrected chi connectivity index (χ4v) is 1.87. The molecule has 114 valence electrons. The number of nitrogens with one attached hydrogen (secondary N) is 1. The largest absolute Gasteiger partial charge is 0.478 e. The molecule has 2 N–H and O–H groups in total. The Morgan fingerprint density at radius 2 is 1.80 bits per heavy atom. The molecule has 6 nitrogen and oxygen atoms in total. The van der Waals surface area contributed by atoms with E-state index in [9.17, 15) is 14.4 Å². The highest BCUT2D eigenvalue weighted by Crippen LogP contribution is 2.07. The van der Waals surface area contributed by atoms with Crippen molar-refractivity contribution in [3.8, 4) is 0 Å². The second-order valence-electron chi connectivity index (χ2n) is 4.56. The molecule has 0 aliphatic carbocycles. The van der Waals surface area contributed by atoms with Gasteiger partial charge in [-0.05, 0) is 39.2 Å². The lowest BCUT2D eigenvalue weighted by Gasteiger charge is -2.24. The quantitative estimate of drug-likeness (QED) is 0.730. The van der Waals surface area contributed by atoms with Gasteiger partial charge in [-0.15, -0.1) is 0 Å². The molecule has 0 bridgehead atoms. The molecule has 0 fully saturated rings. The summed E-state index contributed by atoms with van der Waals surface area (Å²) in [7, 11) is 1.61. The van der Waals surface area contributed by atoms with Gasteiger partial charge in [0.15, 0.2) is 0 Å². The molecule has 0 aliphatic rings. The molecule has 0 saturated heterocycles. The predicted octanol–water partition coefficient (Wildman–Crippen LogP) is 1.72. The van der Waals surface area contributed by atoms with Gasteiger partial charge in [0.2, 0.25) is 0 Å². The molecule has 0 spiro atoms. The zero-order valence-electron chi connectivity index (χ0n) is 12.5. The highest BCUT2D eigenvalue weighted by Gasteiger charge is 2.20. The summed E-state index contributed by atoms with van der Waals surface area (Å²) in [4.78, 5) is 35.8. The number of thioether (sulfide) groups is 1. The first-order valence-electron chi connectivity index (χ1n) is 6.20. The van der Waals surface area contributed by atoms with Gasteiger partial charge in [-0.3, -0.25) is 10.1 Å². The molecule has 0 radical (unpaired) electrons. The van der Waals surface area contributed by atoms with Crippen LogP contribution in [0.5, 0.6) is 0 Å². The Hall–Kier alpha value is -1.50. The third-order valence-corrected chi connectivity index (χ3v) is 3.81. The second-order valence-corrected chi connectivity index (χ2v) is 5.54. The van der Waals surface area contributed by atoms with E-state index in [1.165, 1.54) is 18.7 Å². The minimum atomic E-state index is -1.17. The van der Waals surface area contributed by atoms with Gasteiger partial charge in [-0.2, -0.15) is 11.8 Å². The molecule has 0 heterocycles. The van der Waals surface area contributed by atoms with E-state index in [4.69, 9.17) is 5.11 Å². The third kappa shape index (κ3) is 5.64. The standard InChI is InChI=1S/C13H22N2O4S/c1-8(6-7-20-5)15(4)13(19)14-11(16)9(2)10(3)12(17)18/h8H,6-7H2,1-5H3,(H,17,18)(H,14,16,19). The van der Waals surface area contributed by atoms with Crippen LogP contribution in [0, 0.1) is 0 Å². The van der Waals surface area contributed by atoms with E-state index in [0.717, 1.165) is 12.2 Å². The summed E-state index contributed by atoms with van der Waals surface area (Å²) in [5.41, 5.74) is -0.0515. The number of hydrogen-bond donors (Lipinski definition) is 2. The summed E-state index contributed by atoms with van der Waals surface area (Å²) >= 11 is 1.69. The first-order chi connectivity index (χ1) is 9.22. The van der Waals surface area contributed by atoms with Crippen LogP contribution < -0.4 is 5.32 Å². The second kappa shape index (κ2) is 8.63.